The van der Waals surface area contributed by atoms with Crippen LogP contribution in [0.25, 0.3) is 77.2 Å². The number of furan rings is 1. The predicted molar refractivity (Wildman–Crippen MR) is 228 cm³/mol. The second-order valence-corrected chi connectivity index (χ2v) is 13.7. The molecular weight excluding hydrogens is 655 g/mol. The van der Waals surface area contributed by atoms with Crippen molar-refractivity contribution < 1.29 is 4.42 Å². The van der Waals surface area contributed by atoms with Crippen molar-refractivity contribution in [2.75, 3.05) is 4.90 Å². The number of anilines is 3. The zero-order valence-electron chi connectivity index (χ0n) is 29.6. The van der Waals surface area contributed by atoms with Crippen molar-refractivity contribution in [1.82, 2.24) is 0 Å². The summed E-state index contributed by atoms with van der Waals surface area (Å²) in [4.78, 5) is 2.36. The topological polar surface area (TPSA) is 16.4 Å². The summed E-state index contributed by atoms with van der Waals surface area (Å²) in [6, 6.07) is 75.6. The number of fused-ring (bicyclic) bond motifs is 5. The van der Waals surface area contributed by atoms with Gasteiger partial charge >= 0.3 is 0 Å². The van der Waals surface area contributed by atoms with Gasteiger partial charge in [0.15, 0.2) is 0 Å². The van der Waals surface area contributed by atoms with E-state index in [2.05, 4.69) is 217 Å². The molecule has 0 atom stereocenters. The Balaban J connectivity index is 1.06. The summed E-state index contributed by atoms with van der Waals surface area (Å²) in [7, 11) is 0. The lowest BCUT2D eigenvalue weighted by molar-refractivity contribution is 0.669. The van der Waals surface area contributed by atoms with E-state index in [0.29, 0.717) is 0 Å². The monoisotopic (exact) mass is 689 g/mol. The highest BCUT2D eigenvalue weighted by Gasteiger charge is 2.19. The SMILES string of the molecule is c1ccc(-c2ccc(N(c3ccc(-c4ccc5c(c4)oc4cc(-c6ccccc6)c6ccccc6c45)cc3)c3ccccc3-c3ccccc3)cc2)cc1. The largest absolute Gasteiger partial charge is 0.456 e. The zero-order chi connectivity index (χ0) is 35.8. The molecule has 9 aromatic carbocycles. The Morgan fingerprint density at radius 1 is 0.296 bits per heavy atom. The highest BCUT2D eigenvalue weighted by molar-refractivity contribution is 6.22. The molecule has 0 saturated heterocycles. The minimum absolute atomic E-state index is 0.888. The average Bonchev–Trinajstić information content (AvgIpc) is 3.63. The smallest absolute Gasteiger partial charge is 0.136 e. The van der Waals surface area contributed by atoms with E-state index in [0.717, 1.165) is 50.1 Å². The molecule has 0 aliphatic rings. The normalized spacial score (nSPS) is 11.3. The summed E-state index contributed by atoms with van der Waals surface area (Å²) >= 11 is 0. The van der Waals surface area contributed by atoms with Crippen molar-refractivity contribution in [2.45, 2.75) is 0 Å². The van der Waals surface area contributed by atoms with Gasteiger partial charge in [0.2, 0.25) is 0 Å². The van der Waals surface area contributed by atoms with Crippen LogP contribution in [0, 0.1) is 0 Å². The van der Waals surface area contributed by atoms with Crippen LogP contribution in [0.2, 0.25) is 0 Å². The average molecular weight is 690 g/mol. The minimum atomic E-state index is 0.888. The molecule has 10 rings (SSSR count). The molecular formula is C52H35NO. The van der Waals surface area contributed by atoms with Gasteiger partial charge < -0.3 is 9.32 Å². The summed E-state index contributed by atoms with van der Waals surface area (Å²) in [6.07, 6.45) is 0. The molecule has 10 aromatic rings. The molecule has 2 nitrogen and oxygen atoms in total. The minimum Gasteiger partial charge on any atom is -0.456 e. The molecule has 1 heterocycles. The van der Waals surface area contributed by atoms with E-state index < -0.39 is 0 Å². The lowest BCUT2D eigenvalue weighted by Gasteiger charge is -2.28. The van der Waals surface area contributed by atoms with Gasteiger partial charge in [-0.3, -0.25) is 0 Å². The molecule has 0 radical (unpaired) electrons. The Bertz CT molecular complexity index is 2890. The van der Waals surface area contributed by atoms with Crippen molar-refractivity contribution in [2.24, 2.45) is 0 Å². The maximum atomic E-state index is 6.65. The van der Waals surface area contributed by atoms with Crippen LogP contribution < -0.4 is 4.90 Å². The van der Waals surface area contributed by atoms with Crippen LogP contribution in [0.1, 0.15) is 0 Å². The van der Waals surface area contributed by atoms with E-state index in [1.165, 1.54) is 44.2 Å². The number of benzene rings is 9. The van der Waals surface area contributed by atoms with E-state index in [1.807, 2.05) is 0 Å². The van der Waals surface area contributed by atoms with Gasteiger partial charge in [0.25, 0.3) is 0 Å². The van der Waals surface area contributed by atoms with E-state index in [1.54, 1.807) is 0 Å². The van der Waals surface area contributed by atoms with Crippen LogP contribution in [-0.2, 0) is 0 Å². The lowest BCUT2D eigenvalue weighted by atomic mass is 9.94. The van der Waals surface area contributed by atoms with Crippen molar-refractivity contribution in [3.05, 3.63) is 212 Å². The molecule has 0 aliphatic heterocycles. The molecule has 0 fully saturated rings. The van der Waals surface area contributed by atoms with E-state index in [9.17, 15) is 0 Å². The molecule has 0 amide bonds. The maximum absolute atomic E-state index is 6.65. The lowest BCUT2D eigenvalue weighted by Crippen LogP contribution is -2.11. The number of rotatable bonds is 7. The molecule has 254 valence electrons. The summed E-state index contributed by atoms with van der Waals surface area (Å²) in [5.41, 5.74) is 14.4. The fourth-order valence-electron chi connectivity index (χ4n) is 7.87. The molecule has 2 heteroatoms. The summed E-state index contributed by atoms with van der Waals surface area (Å²) in [5.74, 6) is 0. The second-order valence-electron chi connectivity index (χ2n) is 13.7. The number of hydrogen-bond donors (Lipinski definition) is 0. The van der Waals surface area contributed by atoms with Crippen LogP contribution >= 0.6 is 0 Å². The van der Waals surface area contributed by atoms with Crippen LogP contribution in [0.3, 0.4) is 0 Å². The number of para-hydroxylation sites is 1. The molecule has 0 bridgehead atoms. The standard InChI is InChI=1S/C52H35NO/c1-4-14-36(15-5-1)37-24-29-42(30-25-37)53(49-23-13-12-20-44(49)39-16-6-2-7-17-39)43-31-26-38(27-32-43)41-28-33-47-50(34-41)54-51-35-48(40-18-8-3-9-19-40)45-21-10-11-22-46(45)52(47)51/h1-35H. The Labute approximate surface area is 314 Å². The Hall–Kier alpha value is -7.16. The van der Waals surface area contributed by atoms with Crippen molar-refractivity contribution in [3.8, 4) is 44.5 Å². The quantitative estimate of drug-likeness (QED) is 0.166. The fourth-order valence-corrected chi connectivity index (χ4v) is 7.87. The van der Waals surface area contributed by atoms with Gasteiger partial charge in [0.1, 0.15) is 11.2 Å². The van der Waals surface area contributed by atoms with Gasteiger partial charge in [-0.2, -0.15) is 0 Å². The second kappa shape index (κ2) is 13.4. The Morgan fingerprint density at radius 3 is 1.43 bits per heavy atom. The van der Waals surface area contributed by atoms with E-state index in [-0.39, 0.29) is 0 Å². The molecule has 1 aromatic heterocycles. The zero-order valence-corrected chi connectivity index (χ0v) is 29.6. The van der Waals surface area contributed by atoms with Gasteiger partial charge in [0.05, 0.1) is 5.69 Å². The van der Waals surface area contributed by atoms with Gasteiger partial charge in [-0.25, -0.2) is 0 Å². The van der Waals surface area contributed by atoms with Crippen LogP contribution in [0.15, 0.2) is 217 Å². The molecule has 0 unspecified atom stereocenters. The molecule has 0 aliphatic carbocycles. The van der Waals surface area contributed by atoms with Crippen LogP contribution in [0.5, 0.6) is 0 Å². The molecule has 0 spiro atoms. The van der Waals surface area contributed by atoms with Gasteiger partial charge in [-0.15, -0.1) is 0 Å². The van der Waals surface area contributed by atoms with E-state index >= 15 is 0 Å². The Kier molecular flexibility index (Phi) is 7.85. The molecule has 0 N–H and O–H groups in total. The highest BCUT2D eigenvalue weighted by Crippen LogP contribution is 2.43. The first-order valence-electron chi connectivity index (χ1n) is 18.4. The Morgan fingerprint density at radius 2 is 0.778 bits per heavy atom. The van der Waals surface area contributed by atoms with Gasteiger partial charge in [-0.1, -0.05) is 164 Å². The first kappa shape index (κ1) is 31.6. The number of nitrogens with zero attached hydrogens (tertiary/aromatic N) is 1. The predicted octanol–water partition coefficient (Wildman–Crippen LogP) is 14.9. The maximum Gasteiger partial charge on any atom is 0.136 e. The van der Waals surface area contributed by atoms with Gasteiger partial charge in [0, 0.05) is 27.7 Å². The van der Waals surface area contributed by atoms with Gasteiger partial charge in [-0.05, 0) is 98.2 Å². The summed E-state index contributed by atoms with van der Waals surface area (Å²) in [5, 5.41) is 4.72. The summed E-state index contributed by atoms with van der Waals surface area (Å²) < 4.78 is 6.65. The van der Waals surface area contributed by atoms with Crippen molar-refractivity contribution >= 4 is 49.8 Å². The van der Waals surface area contributed by atoms with Crippen molar-refractivity contribution in [1.29, 1.82) is 0 Å². The fraction of sp³-hybridized carbons (Fsp3) is 0. The first-order chi connectivity index (χ1) is 26.8. The van der Waals surface area contributed by atoms with Crippen LogP contribution in [-0.4, -0.2) is 0 Å². The third kappa shape index (κ3) is 5.62. The van der Waals surface area contributed by atoms with Crippen molar-refractivity contribution in [3.63, 3.8) is 0 Å². The molecule has 0 saturated carbocycles. The first-order valence-corrected chi connectivity index (χ1v) is 18.4. The van der Waals surface area contributed by atoms with E-state index in [4.69, 9.17) is 4.42 Å². The highest BCUT2D eigenvalue weighted by atomic mass is 16.3. The number of hydrogen-bond acceptors (Lipinski definition) is 2. The third-order valence-electron chi connectivity index (χ3n) is 10.5. The third-order valence-corrected chi connectivity index (χ3v) is 10.5. The summed E-state index contributed by atoms with van der Waals surface area (Å²) in [6.45, 7) is 0. The molecule has 54 heavy (non-hydrogen) atoms. The van der Waals surface area contributed by atoms with Crippen LogP contribution in [0.4, 0.5) is 17.1 Å².